The Kier molecular flexibility index (Phi) is 7.91. The second kappa shape index (κ2) is 10.6. The lowest BCUT2D eigenvalue weighted by molar-refractivity contribution is -0.126. The minimum atomic E-state index is -0.0708. The van der Waals surface area contributed by atoms with E-state index in [2.05, 4.69) is 24.3 Å². The smallest absolute Gasteiger partial charge is 0.238 e. The largest absolute Gasteiger partial charge is 0.379 e. The number of aromatic nitrogens is 2. The van der Waals surface area contributed by atoms with Crippen LogP contribution in [0.2, 0.25) is 0 Å². The number of hydrogen-bond donors (Lipinski definition) is 2. The maximum absolute atomic E-state index is 12.4. The van der Waals surface area contributed by atoms with E-state index in [0.717, 1.165) is 55.1 Å². The molecule has 2 heterocycles. The highest BCUT2D eigenvalue weighted by Gasteiger charge is 2.25. The number of rotatable bonds is 9. The van der Waals surface area contributed by atoms with E-state index in [1.54, 1.807) is 0 Å². The van der Waals surface area contributed by atoms with Gasteiger partial charge in [0.1, 0.15) is 11.0 Å². The molecular weight excluding hydrogens is 390 g/mol. The van der Waals surface area contributed by atoms with Gasteiger partial charge in [0, 0.05) is 19.1 Å². The van der Waals surface area contributed by atoms with Crippen molar-refractivity contribution in [1.29, 1.82) is 0 Å². The number of carbonyl (C=O) groups excluding carboxylic acids is 2. The van der Waals surface area contributed by atoms with Crippen LogP contribution in [-0.2, 0) is 14.3 Å². The van der Waals surface area contributed by atoms with Gasteiger partial charge in [0.2, 0.25) is 11.8 Å². The monoisotopic (exact) mass is 419 g/mol. The van der Waals surface area contributed by atoms with Crippen LogP contribution in [0.3, 0.4) is 0 Å². The van der Waals surface area contributed by atoms with Crippen molar-refractivity contribution in [2.75, 3.05) is 38.1 Å². The summed E-state index contributed by atoms with van der Waals surface area (Å²) in [5.41, 5.74) is 2.20. The Morgan fingerprint density at radius 3 is 2.83 bits per heavy atom. The molecule has 29 heavy (non-hydrogen) atoms. The third-order valence-corrected chi connectivity index (χ3v) is 5.50. The van der Waals surface area contributed by atoms with E-state index in [1.165, 1.54) is 0 Å². The normalized spacial score (nSPS) is 15.7. The van der Waals surface area contributed by atoms with E-state index in [-0.39, 0.29) is 23.8 Å². The molecule has 0 spiro atoms. The molecule has 0 atom stereocenters. The number of fused-ring (bicyclic) bond motifs is 1. The molecule has 1 aromatic carbocycles. The third kappa shape index (κ3) is 6.45. The van der Waals surface area contributed by atoms with Gasteiger partial charge < -0.3 is 15.4 Å². The second-order valence-corrected chi connectivity index (χ2v) is 8.13. The Labute approximate surface area is 175 Å². The zero-order valence-corrected chi connectivity index (χ0v) is 17.8. The van der Waals surface area contributed by atoms with Crippen LogP contribution in [0.4, 0.5) is 5.69 Å². The number of nitrogens with one attached hydrogen (secondary N) is 2. The molecule has 2 aromatic rings. The highest BCUT2D eigenvalue weighted by molar-refractivity contribution is 7.00. The molecule has 8 nitrogen and oxygen atoms in total. The van der Waals surface area contributed by atoms with Crippen LogP contribution in [0, 0.1) is 5.92 Å². The number of nitrogens with zero attached hydrogens (tertiary/aromatic N) is 3. The van der Waals surface area contributed by atoms with Crippen LogP contribution in [0.25, 0.3) is 11.0 Å². The van der Waals surface area contributed by atoms with Crippen molar-refractivity contribution < 1.29 is 14.3 Å². The zero-order valence-electron chi connectivity index (χ0n) is 17.0. The van der Waals surface area contributed by atoms with Gasteiger partial charge in [0.05, 0.1) is 30.1 Å². The lowest BCUT2D eigenvalue weighted by Crippen LogP contribution is -2.43. The number of piperidine rings is 1. The number of likely N-dealkylation sites (tertiary alicyclic amines) is 1. The first-order chi connectivity index (χ1) is 14.0. The molecular formula is C20H29N5O3S. The molecule has 0 unspecified atom stereocenters. The topological polar surface area (TPSA) is 96.5 Å². The van der Waals surface area contributed by atoms with Crippen LogP contribution < -0.4 is 10.6 Å². The van der Waals surface area contributed by atoms with Crippen molar-refractivity contribution in [2.45, 2.75) is 39.2 Å². The molecule has 0 bridgehead atoms. The molecule has 1 saturated heterocycles. The molecule has 1 fully saturated rings. The number of anilines is 1. The summed E-state index contributed by atoms with van der Waals surface area (Å²) >= 11 is 1.14. The number of benzene rings is 1. The van der Waals surface area contributed by atoms with E-state index in [4.69, 9.17) is 4.74 Å². The fourth-order valence-electron chi connectivity index (χ4n) is 3.40. The Morgan fingerprint density at radius 2 is 2.07 bits per heavy atom. The lowest BCUT2D eigenvalue weighted by atomic mass is 9.96. The summed E-state index contributed by atoms with van der Waals surface area (Å²) in [6, 6.07) is 5.57. The first kappa shape index (κ1) is 21.6. The summed E-state index contributed by atoms with van der Waals surface area (Å²) in [5, 5.41) is 5.93. The molecule has 1 aromatic heterocycles. The Bertz CT molecular complexity index is 817. The van der Waals surface area contributed by atoms with Crippen LogP contribution in [-0.4, -0.2) is 64.4 Å². The van der Waals surface area contributed by atoms with Gasteiger partial charge in [-0.15, -0.1) is 0 Å². The van der Waals surface area contributed by atoms with Crippen molar-refractivity contribution in [1.82, 2.24) is 19.0 Å². The summed E-state index contributed by atoms with van der Waals surface area (Å²) in [6.45, 7) is 7.11. The van der Waals surface area contributed by atoms with Gasteiger partial charge in [-0.1, -0.05) is 6.07 Å². The SMILES string of the molecule is CC(C)OCCCNC(=O)C1CCN(CC(=O)Nc2cccc3nsnc23)CC1. The number of amides is 2. The average Bonchev–Trinajstić information content (AvgIpc) is 3.18. The zero-order chi connectivity index (χ0) is 20.6. The highest BCUT2D eigenvalue weighted by atomic mass is 32.1. The van der Waals surface area contributed by atoms with Gasteiger partial charge in [-0.2, -0.15) is 8.75 Å². The number of carbonyl (C=O) groups is 2. The van der Waals surface area contributed by atoms with E-state index in [1.807, 2.05) is 32.0 Å². The summed E-state index contributed by atoms with van der Waals surface area (Å²) in [4.78, 5) is 26.8. The standard InChI is InChI=1S/C20H29N5O3S/c1-14(2)28-12-4-9-21-20(27)15-7-10-25(11-8-15)13-18(26)22-16-5-3-6-17-19(16)24-29-23-17/h3,5-6,14-15H,4,7-13H2,1-2H3,(H,21,27)(H,22,26). The van der Waals surface area contributed by atoms with Crippen molar-refractivity contribution in [2.24, 2.45) is 5.92 Å². The fraction of sp³-hybridized carbons (Fsp3) is 0.600. The molecule has 0 saturated carbocycles. The highest BCUT2D eigenvalue weighted by Crippen LogP contribution is 2.21. The van der Waals surface area contributed by atoms with Crippen molar-refractivity contribution >= 4 is 40.3 Å². The molecule has 1 aliphatic rings. The average molecular weight is 420 g/mol. The fourth-order valence-corrected chi connectivity index (χ4v) is 3.95. The molecule has 0 aliphatic carbocycles. The van der Waals surface area contributed by atoms with E-state index in [0.29, 0.717) is 25.4 Å². The Hall–Kier alpha value is -2.10. The maximum Gasteiger partial charge on any atom is 0.238 e. The summed E-state index contributed by atoms with van der Waals surface area (Å²) in [6.07, 6.45) is 2.59. The van der Waals surface area contributed by atoms with Crippen LogP contribution >= 0.6 is 11.7 Å². The van der Waals surface area contributed by atoms with E-state index < -0.39 is 0 Å². The van der Waals surface area contributed by atoms with Crippen LogP contribution in [0.1, 0.15) is 33.1 Å². The predicted octanol–water partition coefficient (Wildman–Crippen LogP) is 2.27. The van der Waals surface area contributed by atoms with E-state index >= 15 is 0 Å². The van der Waals surface area contributed by atoms with Gasteiger partial charge in [0.15, 0.2) is 0 Å². The Balaban J connectivity index is 1.36. The minimum Gasteiger partial charge on any atom is -0.379 e. The van der Waals surface area contributed by atoms with Gasteiger partial charge in [-0.3, -0.25) is 14.5 Å². The molecule has 2 amide bonds. The van der Waals surface area contributed by atoms with Crippen LogP contribution in [0.15, 0.2) is 18.2 Å². The number of ether oxygens (including phenoxy) is 1. The molecule has 2 N–H and O–H groups in total. The molecule has 158 valence electrons. The summed E-state index contributed by atoms with van der Waals surface area (Å²) < 4.78 is 13.9. The number of hydrogen-bond acceptors (Lipinski definition) is 7. The second-order valence-electron chi connectivity index (χ2n) is 7.60. The van der Waals surface area contributed by atoms with Crippen molar-refractivity contribution in [3.05, 3.63) is 18.2 Å². The summed E-state index contributed by atoms with van der Waals surface area (Å²) in [7, 11) is 0. The summed E-state index contributed by atoms with van der Waals surface area (Å²) in [5.74, 6) is 0.0649. The maximum atomic E-state index is 12.4. The third-order valence-electron chi connectivity index (χ3n) is 4.96. The lowest BCUT2D eigenvalue weighted by Gasteiger charge is -2.30. The predicted molar refractivity (Wildman–Crippen MR) is 114 cm³/mol. The molecule has 1 aliphatic heterocycles. The molecule has 0 radical (unpaired) electrons. The first-order valence-corrected chi connectivity index (χ1v) is 10.9. The van der Waals surface area contributed by atoms with Gasteiger partial charge in [-0.25, -0.2) is 0 Å². The Morgan fingerprint density at radius 1 is 1.28 bits per heavy atom. The quantitative estimate of drug-likeness (QED) is 0.606. The van der Waals surface area contributed by atoms with E-state index in [9.17, 15) is 9.59 Å². The minimum absolute atomic E-state index is 0.0233. The molecule has 9 heteroatoms. The van der Waals surface area contributed by atoms with Crippen molar-refractivity contribution in [3.63, 3.8) is 0 Å². The van der Waals surface area contributed by atoms with Crippen molar-refractivity contribution in [3.8, 4) is 0 Å². The van der Waals surface area contributed by atoms with Crippen LogP contribution in [0.5, 0.6) is 0 Å². The van der Waals surface area contributed by atoms with Gasteiger partial charge in [-0.05, 0) is 58.3 Å². The van der Waals surface area contributed by atoms with Gasteiger partial charge >= 0.3 is 0 Å². The first-order valence-electron chi connectivity index (χ1n) is 10.2. The molecule has 3 rings (SSSR count). The van der Waals surface area contributed by atoms with Gasteiger partial charge in [0.25, 0.3) is 0 Å².